The minimum absolute atomic E-state index is 0.265. The minimum atomic E-state index is -5.55. The molecule has 9 heteroatoms. The standard InChI is InChI=1S/C10H5BrClF7/c11-5-3-4(1-2-6(5)13)7(12)8(9(14,15)16)10(17,18)19/h1-3,7-8H. The molecule has 0 radical (unpaired) electrons. The van der Waals surface area contributed by atoms with Crippen molar-refractivity contribution in [3.8, 4) is 0 Å². The minimum Gasteiger partial charge on any atom is -0.206 e. The summed E-state index contributed by atoms with van der Waals surface area (Å²) in [4.78, 5) is 0. The second-order valence-electron chi connectivity index (χ2n) is 3.64. The Labute approximate surface area is 116 Å². The zero-order valence-corrected chi connectivity index (χ0v) is 11.1. The van der Waals surface area contributed by atoms with Crippen LogP contribution in [0, 0.1) is 11.7 Å². The number of hydrogen-bond acceptors (Lipinski definition) is 0. The van der Waals surface area contributed by atoms with Gasteiger partial charge in [0, 0.05) is 0 Å². The van der Waals surface area contributed by atoms with Crippen LogP contribution in [0.15, 0.2) is 22.7 Å². The fraction of sp³-hybridized carbons (Fsp3) is 0.400. The van der Waals surface area contributed by atoms with Gasteiger partial charge in [0.05, 0.1) is 9.85 Å². The van der Waals surface area contributed by atoms with Crippen LogP contribution in [0.25, 0.3) is 0 Å². The molecule has 1 aromatic rings. The van der Waals surface area contributed by atoms with Crippen molar-refractivity contribution in [3.63, 3.8) is 0 Å². The molecule has 0 aliphatic carbocycles. The smallest absolute Gasteiger partial charge is 0.206 e. The van der Waals surface area contributed by atoms with Gasteiger partial charge >= 0.3 is 12.4 Å². The third kappa shape index (κ3) is 3.98. The lowest BCUT2D eigenvalue weighted by molar-refractivity contribution is -0.284. The van der Waals surface area contributed by atoms with E-state index < -0.39 is 35.0 Å². The molecule has 1 rings (SSSR count). The molecule has 1 aromatic carbocycles. The average molecular weight is 373 g/mol. The van der Waals surface area contributed by atoms with Gasteiger partial charge in [-0.05, 0) is 33.6 Å². The summed E-state index contributed by atoms with van der Waals surface area (Å²) < 4.78 is 87.3. The van der Waals surface area contributed by atoms with E-state index in [1.807, 2.05) is 0 Å². The zero-order chi connectivity index (χ0) is 15.0. The van der Waals surface area contributed by atoms with Crippen molar-refractivity contribution in [1.29, 1.82) is 0 Å². The first-order valence-corrected chi connectivity index (χ1v) is 5.90. The fourth-order valence-corrected chi connectivity index (χ4v) is 2.21. The summed E-state index contributed by atoms with van der Waals surface area (Å²) in [6, 6.07) is 2.30. The Morgan fingerprint density at radius 3 is 1.84 bits per heavy atom. The Morgan fingerprint density at radius 2 is 1.47 bits per heavy atom. The molecule has 0 aliphatic heterocycles. The molecule has 1 unspecified atom stereocenters. The van der Waals surface area contributed by atoms with Gasteiger partial charge in [0.15, 0.2) is 5.92 Å². The number of rotatable bonds is 2. The van der Waals surface area contributed by atoms with Crippen molar-refractivity contribution >= 4 is 27.5 Å². The van der Waals surface area contributed by atoms with Crippen LogP contribution >= 0.6 is 27.5 Å². The molecule has 108 valence electrons. The lowest BCUT2D eigenvalue weighted by atomic mass is 9.97. The summed E-state index contributed by atoms with van der Waals surface area (Å²) in [5, 5.41) is -2.39. The van der Waals surface area contributed by atoms with Gasteiger partial charge < -0.3 is 0 Å². The van der Waals surface area contributed by atoms with Gasteiger partial charge in [-0.15, -0.1) is 11.6 Å². The number of hydrogen-bond donors (Lipinski definition) is 0. The Kier molecular flexibility index (Phi) is 4.77. The predicted molar refractivity (Wildman–Crippen MR) is 58.3 cm³/mol. The molecule has 0 aliphatic rings. The highest BCUT2D eigenvalue weighted by molar-refractivity contribution is 9.10. The van der Waals surface area contributed by atoms with E-state index in [0.29, 0.717) is 0 Å². The lowest BCUT2D eigenvalue weighted by Gasteiger charge is -2.27. The summed E-state index contributed by atoms with van der Waals surface area (Å²) in [6.45, 7) is 0. The van der Waals surface area contributed by atoms with Gasteiger partial charge in [-0.3, -0.25) is 0 Å². The van der Waals surface area contributed by atoms with Crippen molar-refractivity contribution in [2.24, 2.45) is 5.92 Å². The first kappa shape index (κ1) is 16.6. The van der Waals surface area contributed by atoms with E-state index in [2.05, 4.69) is 15.9 Å². The molecular formula is C10H5BrClF7. The first-order chi connectivity index (χ1) is 8.44. The molecule has 0 spiro atoms. The quantitative estimate of drug-likeness (QED) is 0.467. The average Bonchev–Trinajstić information content (AvgIpc) is 2.17. The molecule has 19 heavy (non-hydrogen) atoms. The van der Waals surface area contributed by atoms with Crippen molar-refractivity contribution in [2.75, 3.05) is 0 Å². The van der Waals surface area contributed by atoms with Crippen LogP contribution in [0.2, 0.25) is 0 Å². The molecular weight excluding hydrogens is 368 g/mol. The van der Waals surface area contributed by atoms with E-state index in [4.69, 9.17) is 11.6 Å². The van der Waals surface area contributed by atoms with Crippen LogP contribution in [-0.2, 0) is 0 Å². The van der Waals surface area contributed by atoms with Crippen LogP contribution < -0.4 is 0 Å². The summed E-state index contributed by atoms with van der Waals surface area (Å²) in [7, 11) is 0. The highest BCUT2D eigenvalue weighted by Gasteiger charge is 2.60. The molecule has 0 heterocycles. The van der Waals surface area contributed by atoms with Gasteiger partial charge in [-0.25, -0.2) is 4.39 Å². The van der Waals surface area contributed by atoms with Crippen LogP contribution in [0.4, 0.5) is 30.7 Å². The number of halogens is 9. The van der Waals surface area contributed by atoms with Crippen molar-refractivity contribution in [1.82, 2.24) is 0 Å². The highest BCUT2D eigenvalue weighted by atomic mass is 79.9. The SMILES string of the molecule is Fc1ccc(C(Cl)C(C(F)(F)F)C(F)(F)F)cc1Br. The molecule has 0 nitrogen and oxygen atoms in total. The van der Waals surface area contributed by atoms with Gasteiger partial charge in [-0.2, -0.15) is 26.3 Å². The largest absolute Gasteiger partial charge is 0.402 e. The number of benzene rings is 1. The summed E-state index contributed by atoms with van der Waals surface area (Å²) >= 11 is 7.95. The zero-order valence-electron chi connectivity index (χ0n) is 8.79. The fourth-order valence-electron chi connectivity index (χ4n) is 1.39. The second kappa shape index (κ2) is 5.47. The van der Waals surface area contributed by atoms with Crippen molar-refractivity contribution in [2.45, 2.75) is 17.7 Å². The molecule has 0 bridgehead atoms. The molecule has 0 N–H and O–H groups in total. The number of alkyl halides is 7. The summed E-state index contributed by atoms with van der Waals surface area (Å²) in [5.41, 5.74) is -0.477. The van der Waals surface area contributed by atoms with Crippen LogP contribution in [0.5, 0.6) is 0 Å². The van der Waals surface area contributed by atoms with Gasteiger partial charge in [0.1, 0.15) is 5.82 Å². The van der Waals surface area contributed by atoms with E-state index in [1.54, 1.807) is 0 Å². The van der Waals surface area contributed by atoms with Crippen LogP contribution in [0.3, 0.4) is 0 Å². The first-order valence-electron chi connectivity index (χ1n) is 4.67. The molecule has 0 aromatic heterocycles. The molecule has 0 saturated heterocycles. The maximum atomic E-state index is 12.9. The molecule has 1 atom stereocenters. The van der Waals surface area contributed by atoms with Crippen LogP contribution in [0.1, 0.15) is 10.9 Å². The summed E-state index contributed by atoms with van der Waals surface area (Å²) in [6.07, 6.45) is -11.1. The maximum absolute atomic E-state index is 12.9. The maximum Gasteiger partial charge on any atom is 0.402 e. The molecule has 0 amide bonds. The topological polar surface area (TPSA) is 0 Å². The van der Waals surface area contributed by atoms with Crippen molar-refractivity contribution in [3.05, 3.63) is 34.1 Å². The third-order valence-electron chi connectivity index (χ3n) is 2.26. The van der Waals surface area contributed by atoms with E-state index in [-0.39, 0.29) is 4.47 Å². The van der Waals surface area contributed by atoms with Gasteiger partial charge in [0.25, 0.3) is 0 Å². The van der Waals surface area contributed by atoms with E-state index in [9.17, 15) is 30.7 Å². The Morgan fingerprint density at radius 1 is 1.00 bits per heavy atom. The monoisotopic (exact) mass is 372 g/mol. The Balaban J connectivity index is 3.20. The van der Waals surface area contributed by atoms with E-state index >= 15 is 0 Å². The Hall–Kier alpha value is -0.500. The van der Waals surface area contributed by atoms with E-state index in [1.165, 1.54) is 0 Å². The highest BCUT2D eigenvalue weighted by Crippen LogP contribution is 2.49. The lowest BCUT2D eigenvalue weighted by Crippen LogP contribution is -2.39. The summed E-state index contributed by atoms with van der Waals surface area (Å²) in [5.74, 6) is -4.54. The van der Waals surface area contributed by atoms with E-state index in [0.717, 1.165) is 18.2 Å². The second-order valence-corrected chi connectivity index (χ2v) is 4.96. The van der Waals surface area contributed by atoms with Crippen molar-refractivity contribution < 1.29 is 30.7 Å². The Bertz CT molecular complexity index is 440. The van der Waals surface area contributed by atoms with Gasteiger partial charge in [0.2, 0.25) is 0 Å². The van der Waals surface area contributed by atoms with Crippen LogP contribution in [-0.4, -0.2) is 12.4 Å². The molecule has 0 saturated carbocycles. The third-order valence-corrected chi connectivity index (χ3v) is 3.37. The van der Waals surface area contributed by atoms with Gasteiger partial charge in [-0.1, -0.05) is 6.07 Å². The normalized spacial score (nSPS) is 14.8. The predicted octanol–water partition coefficient (Wildman–Crippen LogP) is 5.61. The molecule has 0 fully saturated rings.